The quantitative estimate of drug-likeness (QED) is 0.324. The van der Waals surface area contributed by atoms with Crippen molar-refractivity contribution in [2.45, 2.75) is 149 Å². The fraction of sp³-hybridized carbons (Fsp3) is 0.605. The van der Waals surface area contributed by atoms with Crippen LogP contribution in [0.5, 0.6) is 11.5 Å². The molecular formula is C38H57CoN2O4-. The van der Waals surface area contributed by atoms with E-state index in [2.05, 4.69) is 107 Å². The van der Waals surface area contributed by atoms with Crippen LogP contribution < -0.4 is 5.11 Å². The SMILES string of the molecule is CC(=O)[O-].CC(C)(C)c1cc(C=NC2CCCCC2N=Cc2cc(C(C)(C)C)cc(C(C)(C)C)c2O)c(O)c(C(C)(C)C)c1.[Co]. The van der Waals surface area contributed by atoms with Crippen molar-refractivity contribution in [2.24, 2.45) is 9.98 Å². The number of benzene rings is 2. The van der Waals surface area contributed by atoms with Crippen LogP contribution in [-0.2, 0) is 43.2 Å². The van der Waals surface area contributed by atoms with Crippen molar-refractivity contribution in [3.8, 4) is 11.5 Å². The second-order valence-corrected chi connectivity index (χ2v) is 16.4. The molecule has 2 unspecified atom stereocenters. The van der Waals surface area contributed by atoms with Crippen molar-refractivity contribution in [1.82, 2.24) is 0 Å². The van der Waals surface area contributed by atoms with Crippen LogP contribution in [-0.4, -0.2) is 40.7 Å². The van der Waals surface area contributed by atoms with Crippen LogP contribution in [0.3, 0.4) is 0 Å². The Kier molecular flexibility index (Phi) is 13.7. The number of aliphatic imine (C=N–C) groups is 2. The van der Waals surface area contributed by atoms with E-state index in [1.54, 1.807) is 0 Å². The Hall–Kier alpha value is -2.64. The van der Waals surface area contributed by atoms with E-state index >= 15 is 0 Å². The summed E-state index contributed by atoms with van der Waals surface area (Å²) in [5.74, 6) is -0.447. The number of carboxylic acids is 1. The summed E-state index contributed by atoms with van der Waals surface area (Å²) < 4.78 is 0. The van der Waals surface area contributed by atoms with Gasteiger partial charge in [0.15, 0.2) is 0 Å². The predicted molar refractivity (Wildman–Crippen MR) is 183 cm³/mol. The maximum Gasteiger partial charge on any atom is 0.128 e. The molecule has 2 atom stereocenters. The Morgan fingerprint density at radius 3 is 1.20 bits per heavy atom. The number of carbonyl (C=O) groups is 1. The average Bonchev–Trinajstić information content (AvgIpc) is 2.84. The Bertz CT molecular complexity index is 1260. The van der Waals surface area contributed by atoms with Crippen molar-refractivity contribution in [3.63, 3.8) is 0 Å². The van der Waals surface area contributed by atoms with Crippen LogP contribution in [0.15, 0.2) is 34.3 Å². The van der Waals surface area contributed by atoms with Crippen molar-refractivity contribution in [2.75, 3.05) is 0 Å². The van der Waals surface area contributed by atoms with E-state index in [-0.39, 0.29) is 50.5 Å². The molecule has 0 aliphatic heterocycles. The van der Waals surface area contributed by atoms with Gasteiger partial charge in [-0.3, -0.25) is 9.98 Å². The molecule has 45 heavy (non-hydrogen) atoms. The number of carboxylic acid groups (broad SMARTS) is 1. The molecule has 3 rings (SSSR count). The van der Waals surface area contributed by atoms with E-state index in [1.165, 1.54) is 11.1 Å². The van der Waals surface area contributed by atoms with Crippen LogP contribution in [0, 0.1) is 0 Å². The Balaban J connectivity index is 0.00000191. The first-order valence-electron chi connectivity index (χ1n) is 15.9. The minimum absolute atomic E-state index is 0. The molecule has 2 N–H and O–H groups in total. The van der Waals surface area contributed by atoms with Crippen molar-refractivity contribution >= 4 is 18.4 Å². The summed E-state index contributed by atoms with van der Waals surface area (Å²) >= 11 is 0. The molecule has 0 aromatic heterocycles. The third-order valence-electron chi connectivity index (χ3n) is 8.13. The normalized spacial score (nSPS) is 18.0. The molecule has 2 aromatic rings. The molecule has 0 spiro atoms. The standard InChI is InChI=1S/C36H54N2O2.C2H4O2.Co/c1-33(2,3)25-17-23(31(39)27(19-25)35(7,8)9)21-37-29-15-13-14-16-30(29)38-22-24-18-26(34(4,5)6)20-28(32(24)40)36(10,11)12;1-2(3)4;/h17-22,29-30,39-40H,13-16H2,1-12H3;1H3,(H,3,4);/p-1. The molecule has 253 valence electrons. The number of rotatable bonds is 4. The number of hydrogen-bond donors (Lipinski definition) is 2. The van der Waals surface area contributed by atoms with Gasteiger partial charge in [0.05, 0.1) is 12.1 Å². The minimum atomic E-state index is -1.08. The van der Waals surface area contributed by atoms with Crippen molar-refractivity contribution in [3.05, 3.63) is 57.6 Å². The monoisotopic (exact) mass is 664 g/mol. The number of hydrogen-bond acceptors (Lipinski definition) is 6. The Morgan fingerprint density at radius 1 is 0.667 bits per heavy atom. The zero-order valence-electron chi connectivity index (χ0n) is 29.9. The number of aromatic hydroxyl groups is 2. The number of nitrogens with zero attached hydrogens (tertiary/aromatic N) is 2. The van der Waals surface area contributed by atoms with E-state index in [1.807, 2.05) is 12.4 Å². The molecule has 0 heterocycles. The van der Waals surface area contributed by atoms with Crippen LogP contribution in [0.4, 0.5) is 0 Å². The van der Waals surface area contributed by atoms with Crippen LogP contribution >= 0.6 is 0 Å². The van der Waals surface area contributed by atoms with E-state index in [4.69, 9.17) is 19.9 Å². The molecule has 0 bridgehead atoms. The molecule has 0 amide bonds. The van der Waals surface area contributed by atoms with Gasteiger partial charge in [-0.05, 0) is 64.7 Å². The van der Waals surface area contributed by atoms with Gasteiger partial charge in [-0.15, -0.1) is 0 Å². The minimum Gasteiger partial charge on any atom is -0.550 e. The Morgan fingerprint density at radius 2 is 0.956 bits per heavy atom. The van der Waals surface area contributed by atoms with E-state index in [9.17, 15) is 10.2 Å². The summed E-state index contributed by atoms with van der Waals surface area (Å²) in [6.45, 7) is 27.0. The fourth-order valence-corrected chi connectivity index (χ4v) is 5.31. The zero-order valence-corrected chi connectivity index (χ0v) is 30.9. The predicted octanol–water partition coefficient (Wildman–Crippen LogP) is 7.89. The van der Waals surface area contributed by atoms with Gasteiger partial charge >= 0.3 is 0 Å². The van der Waals surface area contributed by atoms with Gasteiger partial charge in [0, 0.05) is 57.4 Å². The third-order valence-corrected chi connectivity index (χ3v) is 8.13. The molecule has 0 saturated heterocycles. The molecule has 1 radical (unpaired) electrons. The summed E-state index contributed by atoms with van der Waals surface area (Å²) in [6.07, 6.45) is 7.90. The summed E-state index contributed by atoms with van der Waals surface area (Å²) in [5, 5.41) is 31.3. The molecule has 1 aliphatic rings. The van der Waals surface area contributed by atoms with E-state index in [0.717, 1.165) is 54.9 Å². The van der Waals surface area contributed by atoms with Crippen LogP contribution in [0.25, 0.3) is 0 Å². The molecule has 1 saturated carbocycles. The Labute approximate surface area is 283 Å². The van der Waals surface area contributed by atoms with E-state index in [0.29, 0.717) is 11.5 Å². The largest absolute Gasteiger partial charge is 0.550 e. The fourth-order valence-electron chi connectivity index (χ4n) is 5.31. The first-order chi connectivity index (χ1) is 19.9. The van der Waals surface area contributed by atoms with Gasteiger partial charge in [-0.25, -0.2) is 0 Å². The van der Waals surface area contributed by atoms with Gasteiger partial charge in [-0.1, -0.05) is 108 Å². The number of carbonyl (C=O) groups excluding carboxylic acids is 1. The third kappa shape index (κ3) is 11.6. The first-order valence-corrected chi connectivity index (χ1v) is 15.9. The molecule has 1 fully saturated rings. The van der Waals surface area contributed by atoms with Gasteiger partial charge in [0.2, 0.25) is 0 Å². The van der Waals surface area contributed by atoms with Gasteiger partial charge in [0.1, 0.15) is 11.5 Å². The molecular weight excluding hydrogens is 607 g/mol. The molecule has 2 aromatic carbocycles. The molecule has 6 nitrogen and oxygen atoms in total. The van der Waals surface area contributed by atoms with Gasteiger partial charge in [0.25, 0.3) is 0 Å². The average molecular weight is 665 g/mol. The van der Waals surface area contributed by atoms with Crippen LogP contribution in [0.2, 0.25) is 0 Å². The number of phenolic OH excluding ortho intramolecular Hbond substituents is 2. The maximum absolute atomic E-state index is 11.2. The first kappa shape index (κ1) is 40.4. The van der Waals surface area contributed by atoms with Crippen LogP contribution in [0.1, 0.15) is 149 Å². The molecule has 1 aliphatic carbocycles. The zero-order chi connectivity index (χ0) is 33.8. The second-order valence-electron chi connectivity index (χ2n) is 16.4. The smallest absolute Gasteiger partial charge is 0.128 e. The summed E-state index contributed by atoms with van der Waals surface area (Å²) in [4.78, 5) is 18.9. The maximum atomic E-state index is 11.2. The van der Waals surface area contributed by atoms with E-state index < -0.39 is 5.97 Å². The number of aliphatic carboxylic acids is 1. The summed E-state index contributed by atoms with van der Waals surface area (Å²) in [5.41, 5.74) is 5.39. The van der Waals surface area contributed by atoms with Gasteiger partial charge in [-0.2, -0.15) is 0 Å². The summed E-state index contributed by atoms with van der Waals surface area (Å²) in [7, 11) is 0. The number of phenols is 2. The topological polar surface area (TPSA) is 105 Å². The van der Waals surface area contributed by atoms with Gasteiger partial charge < -0.3 is 20.1 Å². The van der Waals surface area contributed by atoms with Crippen molar-refractivity contribution < 1.29 is 36.9 Å². The summed E-state index contributed by atoms with van der Waals surface area (Å²) in [6, 6.07) is 8.53. The van der Waals surface area contributed by atoms with Crippen molar-refractivity contribution in [1.29, 1.82) is 0 Å². The molecule has 7 heteroatoms. The second kappa shape index (κ2) is 15.3.